The summed E-state index contributed by atoms with van der Waals surface area (Å²) in [5, 5.41) is 0. The van der Waals surface area contributed by atoms with Crippen molar-refractivity contribution in [1.29, 1.82) is 0 Å². The molecule has 1 aliphatic rings. The average molecular weight is 246 g/mol. The first-order valence-corrected chi connectivity index (χ1v) is 6.41. The average Bonchev–Trinajstić information content (AvgIpc) is 2.37. The van der Waals surface area contributed by atoms with Crippen molar-refractivity contribution < 1.29 is 14.3 Å². The van der Waals surface area contributed by atoms with Crippen LogP contribution < -0.4 is 0 Å². The van der Waals surface area contributed by atoms with E-state index in [1.54, 1.807) is 6.92 Å². The highest BCUT2D eigenvalue weighted by molar-refractivity contribution is 5.94. The number of carbonyl (C=O) groups excluding carboxylic acids is 2. The smallest absolute Gasteiger partial charge is 0.309 e. The highest BCUT2D eigenvalue weighted by atomic mass is 16.5. The van der Waals surface area contributed by atoms with Crippen LogP contribution in [-0.4, -0.2) is 18.4 Å². The maximum Gasteiger partial charge on any atom is 0.309 e. The standard InChI is InChI=1S/C15H18O3/c1-3-18-15(17)14-7-6-12-8-11(10(2)16)4-5-13(12)9-14/h4-5,8,14H,3,6-7,9H2,1-2H3. The molecule has 0 heterocycles. The number of carbonyl (C=O) groups is 2. The predicted octanol–water partition coefficient (Wildman–Crippen LogP) is 2.56. The number of hydrogen-bond acceptors (Lipinski definition) is 3. The van der Waals surface area contributed by atoms with Gasteiger partial charge < -0.3 is 4.74 Å². The summed E-state index contributed by atoms with van der Waals surface area (Å²) < 4.78 is 5.07. The number of aryl methyl sites for hydroxylation is 1. The van der Waals surface area contributed by atoms with Gasteiger partial charge in [0, 0.05) is 5.56 Å². The number of rotatable bonds is 3. The minimum Gasteiger partial charge on any atom is -0.466 e. The Hall–Kier alpha value is -1.64. The second kappa shape index (κ2) is 5.34. The summed E-state index contributed by atoms with van der Waals surface area (Å²) >= 11 is 0. The summed E-state index contributed by atoms with van der Waals surface area (Å²) in [5.74, 6) is -0.0373. The number of hydrogen-bond donors (Lipinski definition) is 0. The van der Waals surface area contributed by atoms with Crippen molar-refractivity contribution in [2.75, 3.05) is 6.61 Å². The molecular formula is C15H18O3. The van der Waals surface area contributed by atoms with Crippen molar-refractivity contribution in [2.45, 2.75) is 33.1 Å². The molecule has 3 nitrogen and oxygen atoms in total. The van der Waals surface area contributed by atoms with Gasteiger partial charge in [-0.25, -0.2) is 0 Å². The molecule has 0 N–H and O–H groups in total. The molecular weight excluding hydrogens is 228 g/mol. The number of ether oxygens (including phenoxy) is 1. The van der Waals surface area contributed by atoms with Gasteiger partial charge in [0.05, 0.1) is 12.5 Å². The van der Waals surface area contributed by atoms with Crippen LogP contribution in [0.1, 0.15) is 41.8 Å². The van der Waals surface area contributed by atoms with Crippen LogP contribution in [0.2, 0.25) is 0 Å². The Morgan fingerprint density at radius 3 is 2.78 bits per heavy atom. The Morgan fingerprint density at radius 1 is 1.33 bits per heavy atom. The van der Waals surface area contributed by atoms with Crippen LogP contribution in [0.3, 0.4) is 0 Å². The maximum atomic E-state index is 11.7. The van der Waals surface area contributed by atoms with Crippen LogP contribution in [-0.2, 0) is 22.4 Å². The van der Waals surface area contributed by atoms with Gasteiger partial charge in [-0.3, -0.25) is 9.59 Å². The SMILES string of the molecule is CCOC(=O)C1CCc2cc(C(C)=O)ccc2C1. The van der Waals surface area contributed by atoms with E-state index in [9.17, 15) is 9.59 Å². The molecule has 1 unspecified atom stereocenters. The molecule has 18 heavy (non-hydrogen) atoms. The molecule has 1 aliphatic carbocycles. The van der Waals surface area contributed by atoms with Gasteiger partial charge >= 0.3 is 5.97 Å². The minimum atomic E-state index is -0.0983. The molecule has 96 valence electrons. The molecule has 1 atom stereocenters. The van der Waals surface area contributed by atoms with Crippen LogP contribution in [0.15, 0.2) is 18.2 Å². The monoisotopic (exact) mass is 246 g/mol. The van der Waals surface area contributed by atoms with E-state index in [1.807, 2.05) is 25.1 Å². The lowest BCUT2D eigenvalue weighted by molar-refractivity contribution is -0.148. The number of ketones is 1. The van der Waals surface area contributed by atoms with Gasteiger partial charge in [-0.2, -0.15) is 0 Å². The second-order valence-electron chi connectivity index (χ2n) is 4.73. The number of benzene rings is 1. The third kappa shape index (κ3) is 2.61. The molecule has 0 spiro atoms. The maximum absolute atomic E-state index is 11.7. The molecule has 0 aliphatic heterocycles. The summed E-state index contributed by atoms with van der Waals surface area (Å²) in [5.41, 5.74) is 3.12. The van der Waals surface area contributed by atoms with E-state index in [0.717, 1.165) is 24.8 Å². The van der Waals surface area contributed by atoms with E-state index in [0.29, 0.717) is 6.61 Å². The third-order valence-electron chi connectivity index (χ3n) is 3.46. The van der Waals surface area contributed by atoms with Crippen LogP contribution in [0.4, 0.5) is 0 Å². The molecule has 2 rings (SSSR count). The first-order valence-electron chi connectivity index (χ1n) is 6.41. The van der Waals surface area contributed by atoms with E-state index in [1.165, 1.54) is 11.1 Å². The lowest BCUT2D eigenvalue weighted by atomic mass is 9.83. The van der Waals surface area contributed by atoms with E-state index in [2.05, 4.69) is 0 Å². The quantitative estimate of drug-likeness (QED) is 0.608. The summed E-state index contributed by atoms with van der Waals surface area (Å²) in [7, 11) is 0. The summed E-state index contributed by atoms with van der Waals surface area (Å²) in [6.45, 7) is 3.84. The summed E-state index contributed by atoms with van der Waals surface area (Å²) in [6.07, 6.45) is 2.39. The van der Waals surface area contributed by atoms with Gasteiger partial charge in [0.25, 0.3) is 0 Å². The lowest BCUT2D eigenvalue weighted by Gasteiger charge is -2.23. The Labute approximate surface area is 107 Å². The Balaban J connectivity index is 2.16. The molecule has 0 aromatic heterocycles. The van der Waals surface area contributed by atoms with Crippen molar-refractivity contribution in [2.24, 2.45) is 5.92 Å². The Kier molecular flexibility index (Phi) is 3.80. The van der Waals surface area contributed by atoms with Gasteiger partial charge in [0.15, 0.2) is 5.78 Å². The fraction of sp³-hybridized carbons (Fsp3) is 0.467. The van der Waals surface area contributed by atoms with E-state index in [4.69, 9.17) is 4.74 Å². The van der Waals surface area contributed by atoms with Gasteiger partial charge in [-0.1, -0.05) is 12.1 Å². The van der Waals surface area contributed by atoms with Gasteiger partial charge in [0.2, 0.25) is 0 Å². The first-order chi connectivity index (χ1) is 8.61. The molecule has 0 amide bonds. The lowest BCUT2D eigenvalue weighted by Crippen LogP contribution is -2.24. The molecule has 0 bridgehead atoms. The zero-order valence-electron chi connectivity index (χ0n) is 10.9. The highest BCUT2D eigenvalue weighted by Gasteiger charge is 2.25. The Bertz CT molecular complexity index is 477. The van der Waals surface area contributed by atoms with E-state index >= 15 is 0 Å². The number of Topliss-reactive ketones (excluding diaryl/α,β-unsaturated/α-hetero) is 1. The number of esters is 1. The molecule has 3 heteroatoms. The molecule has 0 fully saturated rings. The van der Waals surface area contributed by atoms with Crippen molar-refractivity contribution in [3.63, 3.8) is 0 Å². The van der Waals surface area contributed by atoms with E-state index in [-0.39, 0.29) is 17.7 Å². The normalized spacial score (nSPS) is 18.0. The molecule has 0 saturated heterocycles. The van der Waals surface area contributed by atoms with Gasteiger partial charge in [0.1, 0.15) is 0 Å². The fourth-order valence-corrected chi connectivity index (χ4v) is 2.44. The molecule has 0 radical (unpaired) electrons. The third-order valence-corrected chi connectivity index (χ3v) is 3.46. The molecule has 1 aromatic carbocycles. The van der Waals surface area contributed by atoms with Gasteiger partial charge in [-0.05, 0) is 50.3 Å². The fourth-order valence-electron chi connectivity index (χ4n) is 2.44. The van der Waals surface area contributed by atoms with E-state index < -0.39 is 0 Å². The second-order valence-corrected chi connectivity index (χ2v) is 4.73. The highest BCUT2D eigenvalue weighted by Crippen LogP contribution is 2.27. The van der Waals surface area contributed by atoms with Crippen molar-refractivity contribution in [3.05, 3.63) is 34.9 Å². The van der Waals surface area contributed by atoms with Crippen LogP contribution in [0.5, 0.6) is 0 Å². The van der Waals surface area contributed by atoms with Crippen LogP contribution in [0.25, 0.3) is 0 Å². The van der Waals surface area contributed by atoms with Gasteiger partial charge in [-0.15, -0.1) is 0 Å². The van der Waals surface area contributed by atoms with Crippen molar-refractivity contribution in [1.82, 2.24) is 0 Å². The van der Waals surface area contributed by atoms with Crippen molar-refractivity contribution in [3.8, 4) is 0 Å². The molecule has 1 aromatic rings. The largest absolute Gasteiger partial charge is 0.466 e. The summed E-state index contributed by atoms with van der Waals surface area (Å²) in [4.78, 5) is 23.0. The molecule has 0 saturated carbocycles. The number of fused-ring (bicyclic) bond motifs is 1. The van der Waals surface area contributed by atoms with Crippen molar-refractivity contribution >= 4 is 11.8 Å². The van der Waals surface area contributed by atoms with Crippen LogP contribution >= 0.6 is 0 Å². The minimum absolute atomic E-state index is 0.0272. The zero-order chi connectivity index (χ0) is 13.1. The first kappa shape index (κ1) is 12.8. The van der Waals surface area contributed by atoms with Crippen LogP contribution in [0, 0.1) is 5.92 Å². The summed E-state index contributed by atoms with van der Waals surface area (Å²) in [6, 6.07) is 5.77. The predicted molar refractivity (Wildman–Crippen MR) is 68.6 cm³/mol. The Morgan fingerprint density at radius 2 is 2.11 bits per heavy atom. The zero-order valence-corrected chi connectivity index (χ0v) is 10.9. The topological polar surface area (TPSA) is 43.4 Å².